The third-order valence-corrected chi connectivity index (χ3v) is 12.8. The molecular weight excluding hydrogens is 513 g/mol. The molecule has 0 aromatic heterocycles. The van der Waals surface area contributed by atoms with Crippen LogP contribution in [0.15, 0.2) is 0 Å². The zero-order valence-corrected chi connectivity index (χ0v) is 26.5. The molecule has 1 atom stereocenters. The van der Waals surface area contributed by atoms with Crippen molar-refractivity contribution in [1.82, 2.24) is 0 Å². The number of hydrogen-bond donors (Lipinski definition) is 0. The second-order valence-electron chi connectivity index (χ2n) is 13.9. The van der Waals surface area contributed by atoms with Crippen molar-refractivity contribution < 1.29 is 34.8 Å². The first-order valence-electron chi connectivity index (χ1n) is 11.7. The molecule has 1 unspecified atom stereocenters. The highest BCUT2D eigenvalue weighted by atomic mass is 31.1. The minimum Gasteiger partial charge on any atom is -0.418 e. The van der Waals surface area contributed by atoms with E-state index in [-0.39, 0.29) is 7.92 Å². The lowest BCUT2D eigenvalue weighted by Gasteiger charge is -2.51. The Balaban J connectivity index is -0.000000502. The normalized spacial score (nSPS) is 16.3. The molecule has 0 saturated heterocycles. The van der Waals surface area contributed by atoms with E-state index in [0.717, 1.165) is 6.92 Å². The van der Waals surface area contributed by atoms with Gasteiger partial charge in [-0.3, -0.25) is 0 Å². The molecular formula is C24H50BF8P2-. The predicted octanol–water partition coefficient (Wildman–Crippen LogP) is 11.5. The summed E-state index contributed by atoms with van der Waals surface area (Å²) < 4.78 is 91.7. The van der Waals surface area contributed by atoms with E-state index < -0.39 is 43.5 Å². The highest BCUT2D eigenvalue weighted by Gasteiger charge is 2.61. The fourth-order valence-electron chi connectivity index (χ4n) is 5.77. The van der Waals surface area contributed by atoms with Gasteiger partial charge in [-0.15, -0.1) is 0 Å². The summed E-state index contributed by atoms with van der Waals surface area (Å²) in [7, 11) is -7.56. The molecule has 0 rings (SSSR count). The Kier molecular flexibility index (Phi) is 14.2. The summed E-state index contributed by atoms with van der Waals surface area (Å²) in [5.41, 5.74) is 0. The minimum atomic E-state index is -6.00. The largest absolute Gasteiger partial charge is 0.673 e. The number of rotatable bonds is 2. The van der Waals surface area contributed by atoms with Gasteiger partial charge < -0.3 is 17.3 Å². The molecule has 0 spiro atoms. The van der Waals surface area contributed by atoms with E-state index >= 15 is 0 Å². The quantitative estimate of drug-likeness (QED) is 0.178. The molecule has 0 aliphatic carbocycles. The van der Waals surface area contributed by atoms with Gasteiger partial charge in [0.25, 0.3) is 0 Å². The molecule has 0 aromatic carbocycles. The van der Waals surface area contributed by atoms with Crippen molar-refractivity contribution in [3.8, 4) is 0 Å². The van der Waals surface area contributed by atoms with Crippen molar-refractivity contribution in [3.05, 3.63) is 0 Å². The van der Waals surface area contributed by atoms with E-state index in [1.165, 1.54) is 0 Å². The smallest absolute Gasteiger partial charge is 0.418 e. The van der Waals surface area contributed by atoms with Gasteiger partial charge >= 0.3 is 13.4 Å². The van der Waals surface area contributed by atoms with Crippen LogP contribution in [0.3, 0.4) is 0 Å². The van der Waals surface area contributed by atoms with Gasteiger partial charge in [0.05, 0.1) is 0 Å². The monoisotopic (exact) mass is 563 g/mol. The van der Waals surface area contributed by atoms with Crippen LogP contribution >= 0.6 is 15.8 Å². The van der Waals surface area contributed by atoms with E-state index in [0.29, 0.717) is 15.5 Å². The molecule has 0 radical (unpaired) electrons. The highest BCUT2D eigenvalue weighted by molar-refractivity contribution is 7.62. The summed E-state index contributed by atoms with van der Waals surface area (Å²) >= 11 is 0. The molecule has 11 heteroatoms. The molecule has 0 bridgehead atoms. The summed E-state index contributed by atoms with van der Waals surface area (Å²) in [4.78, 5) is 0. The summed E-state index contributed by atoms with van der Waals surface area (Å²) in [5.74, 6) is 0. The Labute approximate surface area is 212 Å². The predicted molar refractivity (Wildman–Crippen MR) is 143 cm³/mol. The Morgan fingerprint density at radius 3 is 0.657 bits per heavy atom. The van der Waals surface area contributed by atoms with Crippen molar-refractivity contribution in [2.24, 2.45) is 0 Å². The fourth-order valence-corrected chi connectivity index (χ4v) is 17.2. The molecule has 0 heterocycles. The first-order valence-corrected chi connectivity index (χ1v) is 14.3. The van der Waals surface area contributed by atoms with Gasteiger partial charge in [0.1, 0.15) is 11.8 Å². The summed E-state index contributed by atoms with van der Waals surface area (Å²) in [6, 6.07) is 0. The maximum absolute atomic E-state index is 13.2. The Bertz CT molecular complexity index is 560. The summed E-state index contributed by atoms with van der Waals surface area (Å²) in [5, 5.41) is -1.99. The van der Waals surface area contributed by atoms with E-state index in [4.69, 9.17) is 0 Å². The molecule has 216 valence electrons. The lowest BCUT2D eigenvalue weighted by molar-refractivity contribution is -0.161. The zero-order chi connectivity index (χ0) is 29.9. The molecule has 0 aromatic rings. The third kappa shape index (κ3) is 15.4. The molecule has 0 amide bonds. The number of hydrogen-bond acceptors (Lipinski definition) is 0. The van der Waals surface area contributed by atoms with Gasteiger partial charge in [0.2, 0.25) is 0 Å². The van der Waals surface area contributed by atoms with Crippen LogP contribution < -0.4 is 0 Å². The molecule has 35 heavy (non-hydrogen) atoms. The third-order valence-electron chi connectivity index (χ3n) is 4.72. The van der Waals surface area contributed by atoms with Crippen LogP contribution in [0.4, 0.5) is 34.8 Å². The van der Waals surface area contributed by atoms with Crippen LogP contribution in [0.2, 0.25) is 0 Å². The van der Waals surface area contributed by atoms with Gasteiger partial charge in [0.15, 0.2) is 0 Å². The average Bonchev–Trinajstić information content (AvgIpc) is 2.35. The van der Waals surface area contributed by atoms with Crippen LogP contribution in [-0.2, 0) is 0 Å². The van der Waals surface area contributed by atoms with E-state index in [1.54, 1.807) is 41.5 Å². The minimum absolute atomic E-state index is 0.0162. The molecule has 0 saturated carbocycles. The van der Waals surface area contributed by atoms with Crippen molar-refractivity contribution >= 4 is 23.1 Å². The Morgan fingerprint density at radius 1 is 0.457 bits per heavy atom. The van der Waals surface area contributed by atoms with E-state index in [2.05, 4.69) is 62.3 Å². The van der Waals surface area contributed by atoms with E-state index in [1.807, 2.05) is 0 Å². The van der Waals surface area contributed by atoms with E-state index in [9.17, 15) is 34.8 Å². The molecule has 0 aliphatic rings. The Hall–Kier alpha value is 0.365. The standard InChI is InChI=1S/C12H23F4P.C12H27P.BF4/c1-9(2,3)17(10(4,5)6)11(7,8-13)12(14,15)16;1-10(2,3)13(11(4,5)6)12(7,8)9;2-1(3,4)5/h8H2,1-7H3;1-9H3;/q;;-1. The SMILES string of the molecule is CC(C)(C)P(C(C)(C)C)C(C)(C)C.CC(C)(C)P(C(C)(C)C)C(C)(CF)C(F)(F)F.F[B-](F)(F)F. The fraction of sp³-hybridized carbons (Fsp3) is 1.00. The van der Waals surface area contributed by atoms with Crippen molar-refractivity contribution in [3.63, 3.8) is 0 Å². The van der Waals surface area contributed by atoms with Crippen LogP contribution in [0.5, 0.6) is 0 Å². The average molecular weight is 563 g/mol. The topological polar surface area (TPSA) is 0 Å². The van der Waals surface area contributed by atoms with Crippen LogP contribution in [0, 0.1) is 0 Å². The summed E-state index contributed by atoms with van der Waals surface area (Å²) in [6.07, 6.45) is -4.51. The van der Waals surface area contributed by atoms with Gasteiger partial charge in [-0.1, -0.05) is 120 Å². The lowest BCUT2D eigenvalue weighted by atomic mass is 10.2. The lowest BCUT2D eigenvalue weighted by Crippen LogP contribution is -2.50. The molecule has 0 fully saturated rings. The van der Waals surface area contributed by atoms with Crippen LogP contribution in [0.1, 0.15) is 111 Å². The second-order valence-corrected chi connectivity index (χ2v) is 23.0. The Morgan fingerprint density at radius 2 is 0.629 bits per heavy atom. The van der Waals surface area contributed by atoms with Crippen LogP contribution in [-0.4, -0.2) is 51.0 Å². The van der Waals surface area contributed by atoms with Gasteiger partial charge in [-0.05, 0) is 32.7 Å². The molecule has 0 N–H and O–H groups in total. The van der Waals surface area contributed by atoms with Crippen molar-refractivity contribution in [2.45, 2.75) is 148 Å². The zero-order valence-electron chi connectivity index (χ0n) is 24.7. The van der Waals surface area contributed by atoms with Crippen molar-refractivity contribution in [2.75, 3.05) is 6.67 Å². The first-order chi connectivity index (χ1) is 14.5. The van der Waals surface area contributed by atoms with Crippen molar-refractivity contribution in [1.29, 1.82) is 0 Å². The van der Waals surface area contributed by atoms with Crippen LogP contribution in [0.25, 0.3) is 0 Å². The maximum Gasteiger partial charge on any atom is 0.673 e. The molecule has 0 aliphatic heterocycles. The molecule has 0 nitrogen and oxygen atoms in total. The number of alkyl halides is 4. The van der Waals surface area contributed by atoms with Gasteiger partial charge in [0, 0.05) is 0 Å². The summed E-state index contributed by atoms with van der Waals surface area (Å²) in [6.45, 7) is 31.7. The highest BCUT2D eigenvalue weighted by Crippen LogP contribution is 2.71. The second kappa shape index (κ2) is 12.5. The number of halogens is 8. The first kappa shape index (κ1) is 39.9. The van der Waals surface area contributed by atoms with Gasteiger partial charge in [-0.25, -0.2) is 4.39 Å². The van der Waals surface area contributed by atoms with Gasteiger partial charge in [-0.2, -0.15) is 13.2 Å². The maximum atomic E-state index is 13.2.